The van der Waals surface area contributed by atoms with Crippen molar-refractivity contribution in [3.8, 4) is 0 Å². The Balaban J connectivity index is 2.09. The molecule has 0 bridgehead atoms. The highest BCUT2D eigenvalue weighted by atomic mass is 79.9. The van der Waals surface area contributed by atoms with Crippen molar-refractivity contribution >= 4 is 21.8 Å². The van der Waals surface area contributed by atoms with Crippen LogP contribution >= 0.6 is 15.9 Å². The van der Waals surface area contributed by atoms with Crippen LogP contribution in [0.15, 0.2) is 28.7 Å². The summed E-state index contributed by atoms with van der Waals surface area (Å²) in [6.07, 6.45) is 1.85. The number of carbonyl (C=O) groups is 1. The molecule has 0 saturated carbocycles. The van der Waals surface area contributed by atoms with Crippen molar-refractivity contribution < 1.29 is 4.79 Å². The Morgan fingerprint density at radius 3 is 2.79 bits per heavy atom. The number of benzene rings is 1. The first kappa shape index (κ1) is 14.5. The number of amides is 1. The van der Waals surface area contributed by atoms with Crippen LogP contribution in [-0.4, -0.2) is 30.9 Å². The summed E-state index contributed by atoms with van der Waals surface area (Å²) in [7, 11) is 1.90. The van der Waals surface area contributed by atoms with E-state index >= 15 is 0 Å². The second-order valence-corrected chi connectivity index (χ2v) is 6.17. The maximum atomic E-state index is 12.7. The smallest absolute Gasteiger partial charge is 0.230 e. The molecule has 4 heteroatoms. The Hall–Kier alpha value is -0.870. The minimum Gasteiger partial charge on any atom is -0.341 e. The van der Waals surface area contributed by atoms with Crippen molar-refractivity contribution in [1.82, 2.24) is 10.2 Å². The first-order chi connectivity index (χ1) is 9.09. The molecule has 19 heavy (non-hydrogen) atoms. The molecule has 3 nitrogen and oxygen atoms in total. The van der Waals surface area contributed by atoms with E-state index in [1.165, 1.54) is 0 Å². The lowest BCUT2D eigenvalue weighted by Crippen LogP contribution is -2.42. The van der Waals surface area contributed by atoms with E-state index in [-0.39, 0.29) is 11.3 Å². The topological polar surface area (TPSA) is 32.3 Å². The van der Waals surface area contributed by atoms with Gasteiger partial charge in [0.15, 0.2) is 0 Å². The first-order valence-corrected chi connectivity index (χ1v) is 7.58. The van der Waals surface area contributed by atoms with Crippen LogP contribution < -0.4 is 5.32 Å². The molecule has 0 spiro atoms. The van der Waals surface area contributed by atoms with Gasteiger partial charge in [0.1, 0.15) is 0 Å². The van der Waals surface area contributed by atoms with Crippen molar-refractivity contribution in [1.29, 1.82) is 0 Å². The van der Waals surface area contributed by atoms with E-state index in [9.17, 15) is 4.79 Å². The van der Waals surface area contributed by atoms with Gasteiger partial charge in [0, 0.05) is 24.6 Å². The minimum atomic E-state index is -0.198. The van der Waals surface area contributed by atoms with E-state index in [4.69, 9.17) is 0 Å². The SMILES string of the molecule is CCC1(C(=O)N(C)Cc2ccccc2Br)CCNC1. The van der Waals surface area contributed by atoms with Crippen LogP contribution in [-0.2, 0) is 11.3 Å². The van der Waals surface area contributed by atoms with E-state index in [1.807, 2.05) is 30.1 Å². The summed E-state index contributed by atoms with van der Waals surface area (Å²) in [5, 5.41) is 3.32. The molecule has 1 aromatic rings. The number of nitrogens with zero attached hydrogens (tertiary/aromatic N) is 1. The molecular formula is C15H21BrN2O. The molecule has 1 amide bonds. The third-order valence-electron chi connectivity index (χ3n) is 4.09. The van der Waals surface area contributed by atoms with Gasteiger partial charge in [0.25, 0.3) is 0 Å². The highest BCUT2D eigenvalue weighted by Crippen LogP contribution is 2.32. The van der Waals surface area contributed by atoms with Crippen LogP contribution in [0.5, 0.6) is 0 Å². The zero-order valence-electron chi connectivity index (χ0n) is 11.6. The lowest BCUT2D eigenvalue weighted by atomic mass is 9.83. The standard InChI is InChI=1S/C15H21BrN2O/c1-3-15(8-9-17-11-15)14(19)18(2)10-12-6-4-5-7-13(12)16/h4-7,17H,3,8-11H2,1-2H3. The van der Waals surface area contributed by atoms with Gasteiger partial charge in [-0.2, -0.15) is 0 Å². The van der Waals surface area contributed by atoms with Crippen molar-refractivity contribution in [2.24, 2.45) is 5.41 Å². The quantitative estimate of drug-likeness (QED) is 0.923. The number of halogens is 1. The van der Waals surface area contributed by atoms with Crippen LogP contribution in [0.3, 0.4) is 0 Å². The summed E-state index contributed by atoms with van der Waals surface area (Å²) in [5.41, 5.74) is 0.950. The normalized spacial score (nSPS) is 22.5. The number of hydrogen-bond acceptors (Lipinski definition) is 2. The van der Waals surface area contributed by atoms with Gasteiger partial charge >= 0.3 is 0 Å². The van der Waals surface area contributed by atoms with E-state index < -0.39 is 0 Å². The van der Waals surface area contributed by atoms with Gasteiger partial charge in [-0.3, -0.25) is 4.79 Å². The lowest BCUT2D eigenvalue weighted by Gasteiger charge is -2.31. The minimum absolute atomic E-state index is 0.198. The van der Waals surface area contributed by atoms with E-state index in [1.54, 1.807) is 0 Å². The van der Waals surface area contributed by atoms with Gasteiger partial charge in [-0.05, 0) is 31.0 Å². The summed E-state index contributed by atoms with van der Waals surface area (Å²) in [6.45, 7) is 4.52. The Morgan fingerprint density at radius 2 is 2.21 bits per heavy atom. The molecule has 1 atom stereocenters. The lowest BCUT2D eigenvalue weighted by molar-refractivity contribution is -0.140. The average Bonchev–Trinajstić information content (AvgIpc) is 2.90. The van der Waals surface area contributed by atoms with Crippen molar-refractivity contribution in [2.45, 2.75) is 26.3 Å². The van der Waals surface area contributed by atoms with Gasteiger partial charge in [-0.1, -0.05) is 41.1 Å². The number of carbonyl (C=O) groups excluding carboxylic acids is 1. The fourth-order valence-corrected chi connectivity index (χ4v) is 3.15. The predicted octanol–water partition coefficient (Wildman–Crippen LogP) is 2.80. The second kappa shape index (κ2) is 6.06. The summed E-state index contributed by atoms with van der Waals surface area (Å²) < 4.78 is 1.06. The van der Waals surface area contributed by atoms with E-state index in [2.05, 4.69) is 34.2 Å². The predicted molar refractivity (Wildman–Crippen MR) is 80.8 cm³/mol. The first-order valence-electron chi connectivity index (χ1n) is 6.79. The number of hydrogen-bond donors (Lipinski definition) is 1. The van der Waals surface area contributed by atoms with Gasteiger partial charge in [-0.25, -0.2) is 0 Å². The fourth-order valence-electron chi connectivity index (χ4n) is 2.74. The molecular weight excluding hydrogens is 304 g/mol. The van der Waals surface area contributed by atoms with Gasteiger partial charge < -0.3 is 10.2 Å². The van der Waals surface area contributed by atoms with Crippen LogP contribution in [0.4, 0.5) is 0 Å². The average molecular weight is 325 g/mol. The molecule has 2 rings (SSSR count). The maximum absolute atomic E-state index is 12.7. The third-order valence-corrected chi connectivity index (χ3v) is 4.86. The molecule has 1 aliphatic rings. The molecule has 0 aromatic heterocycles. The van der Waals surface area contributed by atoms with Gasteiger partial charge in [0.2, 0.25) is 5.91 Å². The van der Waals surface area contributed by atoms with Crippen LogP contribution in [0.1, 0.15) is 25.3 Å². The summed E-state index contributed by atoms with van der Waals surface area (Å²) in [6, 6.07) is 8.06. The fraction of sp³-hybridized carbons (Fsp3) is 0.533. The highest BCUT2D eigenvalue weighted by molar-refractivity contribution is 9.10. The Kier molecular flexibility index (Phi) is 4.63. The molecule has 0 aliphatic carbocycles. The van der Waals surface area contributed by atoms with Gasteiger partial charge in [0.05, 0.1) is 5.41 Å². The molecule has 1 heterocycles. The number of rotatable bonds is 4. The molecule has 0 radical (unpaired) electrons. The molecule has 1 saturated heterocycles. The van der Waals surface area contributed by atoms with Crippen molar-refractivity contribution in [3.05, 3.63) is 34.3 Å². The largest absolute Gasteiger partial charge is 0.341 e. The van der Waals surface area contributed by atoms with E-state index in [0.717, 1.165) is 36.0 Å². The molecule has 1 N–H and O–H groups in total. The zero-order chi connectivity index (χ0) is 13.9. The Morgan fingerprint density at radius 1 is 1.47 bits per heavy atom. The summed E-state index contributed by atoms with van der Waals surface area (Å²) in [5.74, 6) is 0.260. The van der Waals surface area contributed by atoms with Crippen molar-refractivity contribution in [3.63, 3.8) is 0 Å². The summed E-state index contributed by atoms with van der Waals surface area (Å²) in [4.78, 5) is 14.5. The van der Waals surface area contributed by atoms with E-state index in [0.29, 0.717) is 6.54 Å². The monoisotopic (exact) mass is 324 g/mol. The molecule has 104 valence electrons. The van der Waals surface area contributed by atoms with Crippen LogP contribution in [0.25, 0.3) is 0 Å². The van der Waals surface area contributed by atoms with Crippen LogP contribution in [0, 0.1) is 5.41 Å². The molecule has 1 aromatic carbocycles. The second-order valence-electron chi connectivity index (χ2n) is 5.31. The molecule has 1 unspecified atom stereocenters. The Bertz CT molecular complexity index is 455. The number of nitrogens with one attached hydrogen (secondary N) is 1. The van der Waals surface area contributed by atoms with Crippen LogP contribution in [0.2, 0.25) is 0 Å². The molecule has 1 aliphatic heterocycles. The van der Waals surface area contributed by atoms with Gasteiger partial charge in [-0.15, -0.1) is 0 Å². The van der Waals surface area contributed by atoms with Crippen molar-refractivity contribution in [2.75, 3.05) is 20.1 Å². The molecule has 1 fully saturated rings. The Labute approximate surface area is 123 Å². The zero-order valence-corrected chi connectivity index (χ0v) is 13.2. The third kappa shape index (κ3) is 3.00. The highest BCUT2D eigenvalue weighted by Gasteiger charge is 2.41. The summed E-state index contributed by atoms with van der Waals surface area (Å²) >= 11 is 3.54. The maximum Gasteiger partial charge on any atom is 0.230 e.